The quantitative estimate of drug-likeness (QED) is 0.641. The number of nitro benzene ring substituents is 1. The molecular formula is C9H10ClFN2O2. The molecule has 4 nitrogen and oxygen atoms in total. The van der Waals surface area contributed by atoms with Crippen LogP contribution in [0.15, 0.2) is 18.2 Å². The van der Waals surface area contributed by atoms with Crippen LogP contribution in [0.4, 0.5) is 10.1 Å². The van der Waals surface area contributed by atoms with Crippen molar-refractivity contribution < 1.29 is 9.31 Å². The summed E-state index contributed by atoms with van der Waals surface area (Å²) in [5.74, 6) is 0. The lowest BCUT2D eigenvalue weighted by Crippen LogP contribution is -2.11. The van der Waals surface area contributed by atoms with Crippen molar-refractivity contribution in [2.45, 2.75) is 12.5 Å². The minimum atomic E-state index is -0.589. The van der Waals surface area contributed by atoms with Crippen LogP contribution in [0.3, 0.4) is 0 Å². The van der Waals surface area contributed by atoms with Gasteiger partial charge in [0.15, 0.2) is 0 Å². The van der Waals surface area contributed by atoms with Crippen molar-refractivity contribution in [1.29, 1.82) is 0 Å². The van der Waals surface area contributed by atoms with E-state index in [2.05, 4.69) is 0 Å². The maximum Gasteiger partial charge on any atom is 0.288 e. The van der Waals surface area contributed by atoms with Gasteiger partial charge in [0.05, 0.1) is 11.6 Å². The lowest BCUT2D eigenvalue weighted by molar-refractivity contribution is -0.384. The molecule has 0 amide bonds. The third kappa shape index (κ3) is 2.87. The topological polar surface area (TPSA) is 69.2 Å². The van der Waals surface area contributed by atoms with Gasteiger partial charge in [0.1, 0.15) is 5.02 Å². The lowest BCUT2D eigenvalue weighted by atomic mass is 10.0. The van der Waals surface area contributed by atoms with E-state index in [0.717, 1.165) is 0 Å². The van der Waals surface area contributed by atoms with Crippen LogP contribution in [0.2, 0.25) is 5.02 Å². The van der Waals surface area contributed by atoms with E-state index < -0.39 is 17.6 Å². The minimum Gasteiger partial charge on any atom is -0.324 e. The smallest absolute Gasteiger partial charge is 0.288 e. The summed E-state index contributed by atoms with van der Waals surface area (Å²) >= 11 is 5.62. The van der Waals surface area contributed by atoms with Gasteiger partial charge in [0, 0.05) is 12.1 Å². The third-order valence-corrected chi connectivity index (χ3v) is 2.33. The predicted octanol–water partition coefficient (Wildman–Crippen LogP) is 2.61. The zero-order valence-electron chi connectivity index (χ0n) is 7.82. The summed E-state index contributed by atoms with van der Waals surface area (Å²) in [5, 5.41) is 10.6. The maximum atomic E-state index is 12.0. The van der Waals surface area contributed by atoms with Gasteiger partial charge < -0.3 is 5.73 Å². The number of nitro groups is 1. The molecule has 0 spiro atoms. The van der Waals surface area contributed by atoms with Crippen LogP contribution in [0, 0.1) is 10.1 Å². The van der Waals surface area contributed by atoms with E-state index in [0.29, 0.717) is 5.56 Å². The molecule has 15 heavy (non-hydrogen) atoms. The molecule has 2 N–H and O–H groups in total. The second-order valence-electron chi connectivity index (χ2n) is 3.05. The fourth-order valence-electron chi connectivity index (χ4n) is 1.18. The van der Waals surface area contributed by atoms with Gasteiger partial charge in [-0.2, -0.15) is 0 Å². The Bertz CT molecular complexity index is 373. The first-order chi connectivity index (χ1) is 7.06. The van der Waals surface area contributed by atoms with Crippen LogP contribution in [0.1, 0.15) is 18.0 Å². The Hall–Kier alpha value is -1.20. The van der Waals surface area contributed by atoms with Crippen LogP contribution in [0.5, 0.6) is 0 Å². The number of hydrogen-bond acceptors (Lipinski definition) is 3. The standard InChI is InChI=1S/C9H10ClFN2O2/c10-7-2-1-6(8(12)3-4-11)5-9(7)13(14)15/h1-2,5,8H,3-4,12H2/t8-/m0/s1. The summed E-state index contributed by atoms with van der Waals surface area (Å²) in [7, 11) is 0. The van der Waals surface area contributed by atoms with Gasteiger partial charge in [-0.1, -0.05) is 17.7 Å². The Kier molecular flexibility index (Phi) is 3.99. The van der Waals surface area contributed by atoms with Crippen molar-refractivity contribution in [2.24, 2.45) is 5.73 Å². The highest BCUT2D eigenvalue weighted by Crippen LogP contribution is 2.27. The molecule has 0 aliphatic rings. The summed E-state index contributed by atoms with van der Waals surface area (Å²) in [4.78, 5) is 9.97. The molecule has 1 atom stereocenters. The highest BCUT2D eigenvalue weighted by atomic mass is 35.5. The second kappa shape index (κ2) is 5.04. The molecule has 0 aliphatic carbocycles. The monoisotopic (exact) mass is 232 g/mol. The van der Waals surface area contributed by atoms with E-state index in [4.69, 9.17) is 17.3 Å². The van der Waals surface area contributed by atoms with Gasteiger partial charge >= 0.3 is 0 Å². The molecule has 0 radical (unpaired) electrons. The molecule has 0 unspecified atom stereocenters. The van der Waals surface area contributed by atoms with Gasteiger partial charge in [-0.15, -0.1) is 0 Å². The Morgan fingerprint density at radius 2 is 2.27 bits per heavy atom. The molecular weight excluding hydrogens is 223 g/mol. The number of halogens is 2. The van der Waals surface area contributed by atoms with Gasteiger partial charge in [-0.25, -0.2) is 0 Å². The molecule has 1 aromatic carbocycles. The van der Waals surface area contributed by atoms with E-state index in [1.54, 1.807) is 6.07 Å². The van der Waals surface area contributed by atoms with Crippen LogP contribution < -0.4 is 5.73 Å². The summed E-state index contributed by atoms with van der Waals surface area (Å²) in [6, 6.07) is 3.71. The number of nitrogens with two attached hydrogens (primary N) is 1. The highest BCUT2D eigenvalue weighted by Gasteiger charge is 2.15. The van der Waals surface area contributed by atoms with Crippen LogP contribution >= 0.6 is 11.6 Å². The van der Waals surface area contributed by atoms with Crippen molar-refractivity contribution in [3.8, 4) is 0 Å². The molecule has 0 saturated heterocycles. The molecule has 1 aromatic rings. The Morgan fingerprint density at radius 3 is 2.80 bits per heavy atom. The predicted molar refractivity (Wildman–Crippen MR) is 55.6 cm³/mol. The number of nitrogens with zero attached hydrogens (tertiary/aromatic N) is 1. The van der Waals surface area contributed by atoms with Crippen LogP contribution in [0.25, 0.3) is 0 Å². The van der Waals surface area contributed by atoms with Gasteiger partial charge in [0.2, 0.25) is 0 Å². The van der Waals surface area contributed by atoms with E-state index in [-0.39, 0.29) is 17.1 Å². The molecule has 0 heterocycles. The molecule has 0 aromatic heterocycles. The number of rotatable bonds is 4. The SMILES string of the molecule is N[C@@H](CCF)c1ccc(Cl)c([N+](=O)[O-])c1. The zero-order valence-corrected chi connectivity index (χ0v) is 8.58. The van der Waals surface area contributed by atoms with E-state index >= 15 is 0 Å². The van der Waals surface area contributed by atoms with Crippen molar-refractivity contribution in [3.05, 3.63) is 38.9 Å². The second-order valence-corrected chi connectivity index (χ2v) is 3.46. The minimum absolute atomic E-state index is 0.0520. The molecule has 6 heteroatoms. The number of alkyl halides is 1. The van der Waals surface area contributed by atoms with Crippen LogP contribution in [-0.4, -0.2) is 11.6 Å². The van der Waals surface area contributed by atoms with E-state index in [9.17, 15) is 14.5 Å². The molecule has 82 valence electrons. The molecule has 0 fully saturated rings. The Labute approximate surface area is 91.0 Å². The number of hydrogen-bond donors (Lipinski definition) is 1. The molecule has 1 rings (SSSR count). The Balaban J connectivity index is 3.02. The molecule has 0 bridgehead atoms. The normalized spacial score (nSPS) is 12.5. The van der Waals surface area contributed by atoms with Crippen LogP contribution in [-0.2, 0) is 0 Å². The fraction of sp³-hybridized carbons (Fsp3) is 0.333. The highest BCUT2D eigenvalue weighted by molar-refractivity contribution is 6.32. The van der Waals surface area contributed by atoms with Crippen molar-refractivity contribution in [2.75, 3.05) is 6.67 Å². The van der Waals surface area contributed by atoms with Gasteiger partial charge in [-0.05, 0) is 18.1 Å². The largest absolute Gasteiger partial charge is 0.324 e. The van der Waals surface area contributed by atoms with Crippen molar-refractivity contribution in [3.63, 3.8) is 0 Å². The summed E-state index contributed by atoms with van der Waals surface area (Å²) < 4.78 is 12.0. The van der Waals surface area contributed by atoms with Gasteiger partial charge in [-0.3, -0.25) is 14.5 Å². The lowest BCUT2D eigenvalue weighted by Gasteiger charge is -2.09. The van der Waals surface area contributed by atoms with Crippen molar-refractivity contribution in [1.82, 2.24) is 0 Å². The first-order valence-electron chi connectivity index (χ1n) is 4.31. The third-order valence-electron chi connectivity index (χ3n) is 2.02. The average molecular weight is 233 g/mol. The number of benzene rings is 1. The Morgan fingerprint density at radius 1 is 1.60 bits per heavy atom. The maximum absolute atomic E-state index is 12.0. The molecule has 0 saturated carbocycles. The zero-order chi connectivity index (χ0) is 11.4. The molecule has 0 aliphatic heterocycles. The van der Waals surface area contributed by atoms with E-state index in [1.165, 1.54) is 12.1 Å². The first-order valence-corrected chi connectivity index (χ1v) is 4.69. The summed E-state index contributed by atoms with van der Waals surface area (Å²) in [6.07, 6.45) is 0.138. The first kappa shape index (κ1) is 11.9. The van der Waals surface area contributed by atoms with Crippen molar-refractivity contribution >= 4 is 17.3 Å². The summed E-state index contributed by atoms with van der Waals surface area (Å²) in [5.41, 5.74) is 5.93. The summed E-state index contributed by atoms with van der Waals surface area (Å²) in [6.45, 7) is -0.558. The van der Waals surface area contributed by atoms with E-state index in [1.807, 2.05) is 0 Å². The fourth-order valence-corrected chi connectivity index (χ4v) is 1.37. The van der Waals surface area contributed by atoms with Gasteiger partial charge in [0.25, 0.3) is 5.69 Å². The average Bonchev–Trinajstić information content (AvgIpc) is 2.18.